The molecule has 0 aromatic heterocycles. The first-order valence-electron chi connectivity index (χ1n) is 7.73. The molecule has 22 heavy (non-hydrogen) atoms. The van der Waals surface area contributed by atoms with Crippen LogP contribution in [0.5, 0.6) is 0 Å². The summed E-state index contributed by atoms with van der Waals surface area (Å²) in [6.07, 6.45) is 2.84. The molecule has 120 valence electrons. The van der Waals surface area contributed by atoms with E-state index in [2.05, 4.69) is 0 Å². The molecule has 0 radical (unpaired) electrons. The number of aliphatic carboxylic acids is 1. The number of hydrogen-bond donors (Lipinski definition) is 1. The van der Waals surface area contributed by atoms with Crippen molar-refractivity contribution in [3.63, 3.8) is 0 Å². The van der Waals surface area contributed by atoms with E-state index in [4.69, 9.17) is 9.84 Å². The smallest absolute Gasteiger partial charge is 0.303 e. The molecule has 1 aliphatic heterocycles. The number of carboxylic acids is 1. The molecular weight excluding hydrogens is 282 g/mol. The van der Waals surface area contributed by atoms with Gasteiger partial charge in [0, 0.05) is 26.1 Å². The molecule has 1 saturated heterocycles. The Bertz CT molecular complexity index is 503. The van der Waals surface area contributed by atoms with Gasteiger partial charge in [0.15, 0.2) is 6.10 Å². The first kappa shape index (κ1) is 16.5. The van der Waals surface area contributed by atoms with Gasteiger partial charge >= 0.3 is 5.97 Å². The predicted octanol–water partition coefficient (Wildman–Crippen LogP) is 2.62. The summed E-state index contributed by atoms with van der Waals surface area (Å²) in [6, 6.07) is 9.42. The largest absolute Gasteiger partial charge is 0.481 e. The van der Waals surface area contributed by atoms with Crippen LogP contribution in [0.15, 0.2) is 30.3 Å². The lowest BCUT2D eigenvalue weighted by atomic mass is 9.96. The van der Waals surface area contributed by atoms with Crippen LogP contribution in [0.3, 0.4) is 0 Å². The van der Waals surface area contributed by atoms with Crippen LogP contribution < -0.4 is 0 Å². The average Bonchev–Trinajstić information content (AvgIpc) is 2.55. The van der Waals surface area contributed by atoms with E-state index >= 15 is 0 Å². The highest BCUT2D eigenvalue weighted by Gasteiger charge is 2.32. The molecule has 5 heteroatoms. The van der Waals surface area contributed by atoms with Gasteiger partial charge in [0.25, 0.3) is 5.91 Å². The van der Waals surface area contributed by atoms with Gasteiger partial charge in [-0.1, -0.05) is 30.3 Å². The van der Waals surface area contributed by atoms with E-state index in [9.17, 15) is 9.59 Å². The molecule has 0 unspecified atom stereocenters. The minimum absolute atomic E-state index is 0.00119. The molecule has 2 atom stereocenters. The maximum absolute atomic E-state index is 12.8. The van der Waals surface area contributed by atoms with Crippen LogP contribution in [0, 0.1) is 0 Å². The molecule has 1 N–H and O–H groups in total. The fourth-order valence-corrected chi connectivity index (χ4v) is 3.04. The highest BCUT2D eigenvalue weighted by molar-refractivity contribution is 5.82. The number of carboxylic acid groups (broad SMARTS) is 1. The Balaban J connectivity index is 2.11. The Morgan fingerprint density at radius 3 is 2.68 bits per heavy atom. The lowest BCUT2D eigenvalue weighted by Gasteiger charge is -2.37. The molecule has 1 aromatic rings. The first-order chi connectivity index (χ1) is 10.6. The molecule has 1 aromatic carbocycles. The standard InChI is InChI=1S/C17H23NO4/c1-22-16(13-7-3-2-4-8-13)17(21)18-12-6-5-9-14(18)10-11-15(19)20/h2-4,7-8,14,16H,5-6,9-12H2,1H3,(H,19,20)/t14-,16+/m1/s1. The number of carbonyl (C=O) groups excluding carboxylic acids is 1. The Hall–Kier alpha value is -1.88. The molecule has 0 bridgehead atoms. The molecule has 1 heterocycles. The van der Waals surface area contributed by atoms with Crippen molar-refractivity contribution in [2.24, 2.45) is 0 Å². The van der Waals surface area contributed by atoms with Crippen molar-refractivity contribution < 1.29 is 19.4 Å². The van der Waals surface area contributed by atoms with Crippen molar-refractivity contribution in [2.75, 3.05) is 13.7 Å². The van der Waals surface area contributed by atoms with Crippen molar-refractivity contribution in [1.29, 1.82) is 0 Å². The number of ether oxygens (including phenoxy) is 1. The fraction of sp³-hybridized carbons (Fsp3) is 0.529. The fourth-order valence-electron chi connectivity index (χ4n) is 3.04. The third-order valence-corrected chi connectivity index (χ3v) is 4.16. The second-order valence-electron chi connectivity index (χ2n) is 5.64. The van der Waals surface area contributed by atoms with Crippen molar-refractivity contribution >= 4 is 11.9 Å². The van der Waals surface area contributed by atoms with Crippen LogP contribution in [0.25, 0.3) is 0 Å². The van der Waals surface area contributed by atoms with E-state index in [1.165, 1.54) is 7.11 Å². The highest BCUT2D eigenvalue weighted by atomic mass is 16.5. The zero-order valence-electron chi connectivity index (χ0n) is 12.9. The van der Waals surface area contributed by atoms with E-state index < -0.39 is 12.1 Å². The number of nitrogens with zero attached hydrogens (tertiary/aromatic N) is 1. The normalized spacial score (nSPS) is 19.7. The van der Waals surface area contributed by atoms with E-state index in [1.807, 2.05) is 35.2 Å². The van der Waals surface area contributed by atoms with Crippen molar-refractivity contribution in [2.45, 2.75) is 44.2 Å². The summed E-state index contributed by atoms with van der Waals surface area (Å²) in [5.74, 6) is -0.881. The molecule has 5 nitrogen and oxygen atoms in total. The van der Waals surface area contributed by atoms with Gasteiger partial charge in [-0.05, 0) is 31.2 Å². The number of likely N-dealkylation sites (tertiary alicyclic amines) is 1. The van der Waals surface area contributed by atoms with Gasteiger partial charge in [0.1, 0.15) is 0 Å². The Kier molecular flexibility index (Phi) is 5.95. The third kappa shape index (κ3) is 4.07. The van der Waals surface area contributed by atoms with Gasteiger partial charge in [-0.2, -0.15) is 0 Å². The quantitative estimate of drug-likeness (QED) is 0.877. The third-order valence-electron chi connectivity index (χ3n) is 4.16. The summed E-state index contributed by atoms with van der Waals surface area (Å²) in [5, 5.41) is 8.87. The minimum atomic E-state index is -0.815. The van der Waals surface area contributed by atoms with E-state index in [0.717, 1.165) is 24.8 Å². The van der Waals surface area contributed by atoms with Crippen LogP contribution in [0.2, 0.25) is 0 Å². The Morgan fingerprint density at radius 1 is 1.32 bits per heavy atom. The van der Waals surface area contributed by atoms with E-state index in [1.54, 1.807) is 0 Å². The van der Waals surface area contributed by atoms with E-state index in [-0.39, 0.29) is 18.4 Å². The molecule has 0 aliphatic carbocycles. The van der Waals surface area contributed by atoms with Crippen LogP contribution in [0.1, 0.15) is 43.8 Å². The van der Waals surface area contributed by atoms with Crippen molar-refractivity contribution in [3.05, 3.63) is 35.9 Å². The second-order valence-corrected chi connectivity index (χ2v) is 5.64. The van der Waals surface area contributed by atoms with Gasteiger partial charge in [-0.3, -0.25) is 9.59 Å². The number of rotatable bonds is 6. The van der Waals surface area contributed by atoms with Crippen molar-refractivity contribution in [1.82, 2.24) is 4.90 Å². The molecule has 1 amide bonds. The second kappa shape index (κ2) is 7.94. The average molecular weight is 305 g/mol. The maximum atomic E-state index is 12.8. The molecule has 1 aliphatic rings. The number of carbonyl (C=O) groups is 2. The van der Waals surface area contributed by atoms with Crippen LogP contribution in [0.4, 0.5) is 0 Å². The zero-order chi connectivity index (χ0) is 15.9. The molecular formula is C17H23NO4. The van der Waals surface area contributed by atoms with E-state index in [0.29, 0.717) is 13.0 Å². The summed E-state index contributed by atoms with van der Waals surface area (Å²) in [5.41, 5.74) is 0.831. The minimum Gasteiger partial charge on any atom is -0.481 e. The summed E-state index contributed by atoms with van der Waals surface area (Å²) in [6.45, 7) is 0.676. The van der Waals surface area contributed by atoms with Crippen LogP contribution >= 0.6 is 0 Å². The first-order valence-corrected chi connectivity index (χ1v) is 7.73. The number of hydrogen-bond acceptors (Lipinski definition) is 3. The van der Waals surface area contributed by atoms with Crippen LogP contribution in [-0.4, -0.2) is 41.6 Å². The lowest BCUT2D eigenvalue weighted by Crippen LogP contribution is -2.46. The van der Waals surface area contributed by atoms with Crippen LogP contribution in [-0.2, 0) is 14.3 Å². The number of piperidine rings is 1. The predicted molar refractivity (Wildman–Crippen MR) is 82.4 cm³/mol. The Morgan fingerprint density at radius 2 is 2.05 bits per heavy atom. The summed E-state index contributed by atoms with van der Waals surface area (Å²) < 4.78 is 5.42. The van der Waals surface area contributed by atoms with Gasteiger partial charge in [0.05, 0.1) is 0 Å². The van der Waals surface area contributed by atoms with Gasteiger partial charge in [0.2, 0.25) is 0 Å². The maximum Gasteiger partial charge on any atom is 0.303 e. The number of methoxy groups -OCH3 is 1. The molecule has 0 saturated carbocycles. The molecule has 0 spiro atoms. The Labute approximate surface area is 130 Å². The van der Waals surface area contributed by atoms with Gasteiger partial charge in [-0.15, -0.1) is 0 Å². The topological polar surface area (TPSA) is 66.8 Å². The zero-order valence-corrected chi connectivity index (χ0v) is 12.9. The van der Waals surface area contributed by atoms with Crippen molar-refractivity contribution in [3.8, 4) is 0 Å². The summed E-state index contributed by atoms with van der Waals surface area (Å²) in [7, 11) is 1.53. The highest BCUT2D eigenvalue weighted by Crippen LogP contribution is 2.26. The van der Waals surface area contributed by atoms with Gasteiger partial charge < -0.3 is 14.7 Å². The summed E-state index contributed by atoms with van der Waals surface area (Å²) in [4.78, 5) is 25.5. The SMILES string of the molecule is CO[C@H](C(=O)N1CCCC[C@@H]1CCC(=O)O)c1ccccc1. The summed E-state index contributed by atoms with van der Waals surface area (Å²) >= 11 is 0. The molecule has 1 fully saturated rings. The molecule has 2 rings (SSSR count). The number of amides is 1. The van der Waals surface area contributed by atoms with Gasteiger partial charge in [-0.25, -0.2) is 0 Å². The lowest BCUT2D eigenvalue weighted by molar-refractivity contribution is -0.147. The number of benzene rings is 1. The monoisotopic (exact) mass is 305 g/mol.